The second kappa shape index (κ2) is 5.30. The van der Waals surface area contributed by atoms with Crippen molar-refractivity contribution in [1.29, 1.82) is 0 Å². The lowest BCUT2D eigenvalue weighted by molar-refractivity contribution is 0.0987. The van der Waals surface area contributed by atoms with Gasteiger partial charge in [0.15, 0.2) is 0 Å². The summed E-state index contributed by atoms with van der Waals surface area (Å²) >= 11 is 6.02. The number of nitrogens with two attached hydrogens (primary N) is 1. The third-order valence-corrected chi connectivity index (χ3v) is 4.10. The van der Waals surface area contributed by atoms with Gasteiger partial charge in [-0.2, -0.15) is 0 Å². The van der Waals surface area contributed by atoms with E-state index in [1.807, 2.05) is 31.3 Å². The molecule has 0 bridgehead atoms. The summed E-state index contributed by atoms with van der Waals surface area (Å²) in [6.07, 6.45) is 0. The van der Waals surface area contributed by atoms with Gasteiger partial charge in [-0.3, -0.25) is 4.79 Å². The van der Waals surface area contributed by atoms with Crippen LogP contribution in [0.3, 0.4) is 0 Å². The van der Waals surface area contributed by atoms with Crippen LogP contribution in [0.25, 0.3) is 0 Å². The van der Waals surface area contributed by atoms with Gasteiger partial charge < -0.3 is 15.5 Å². The Hall–Kier alpha value is -2.20. The quantitative estimate of drug-likeness (QED) is 0.824. The molecule has 1 heterocycles. The molecule has 0 spiro atoms. The number of carbonyl (C=O) groups excluding carboxylic acids is 1. The molecule has 0 saturated heterocycles. The number of likely N-dealkylation sites (N-methyl/N-ethyl adjacent to an activating group) is 1. The number of benzene rings is 2. The number of fused-ring (bicyclic) bond motifs is 1. The number of hydrogen-bond acceptors (Lipinski definition) is 3. The second-order valence-corrected chi connectivity index (χ2v) is 5.48. The van der Waals surface area contributed by atoms with Gasteiger partial charge in [-0.1, -0.05) is 29.8 Å². The molecule has 2 N–H and O–H groups in total. The zero-order valence-electron chi connectivity index (χ0n) is 11.7. The summed E-state index contributed by atoms with van der Waals surface area (Å²) in [5.74, 6) is -0.115. The van der Waals surface area contributed by atoms with Crippen molar-refractivity contribution >= 4 is 34.6 Å². The molecule has 0 fully saturated rings. The number of anilines is 3. The Morgan fingerprint density at radius 3 is 2.57 bits per heavy atom. The van der Waals surface area contributed by atoms with Crippen molar-refractivity contribution in [2.45, 2.75) is 0 Å². The zero-order chi connectivity index (χ0) is 15.0. The number of nitrogen functional groups attached to an aromatic ring is 1. The average molecular weight is 302 g/mol. The lowest BCUT2D eigenvalue weighted by Gasteiger charge is -2.35. The van der Waals surface area contributed by atoms with Gasteiger partial charge in [-0.25, -0.2) is 0 Å². The minimum absolute atomic E-state index is 0.115. The largest absolute Gasteiger partial charge is 0.397 e. The van der Waals surface area contributed by atoms with Crippen LogP contribution in [0.1, 0.15) is 10.4 Å². The highest BCUT2D eigenvalue weighted by atomic mass is 35.5. The van der Waals surface area contributed by atoms with Gasteiger partial charge in [0.25, 0.3) is 5.91 Å². The summed E-state index contributed by atoms with van der Waals surface area (Å²) in [5, 5.41) is 0.406. The Kier molecular flexibility index (Phi) is 3.47. The molecule has 0 atom stereocenters. The topological polar surface area (TPSA) is 49.6 Å². The Morgan fingerprint density at radius 2 is 1.81 bits per heavy atom. The molecule has 5 heteroatoms. The lowest BCUT2D eigenvalue weighted by Crippen LogP contribution is -2.42. The van der Waals surface area contributed by atoms with Gasteiger partial charge in [-0.05, 0) is 24.3 Å². The predicted molar refractivity (Wildman–Crippen MR) is 87.3 cm³/mol. The van der Waals surface area contributed by atoms with Crippen LogP contribution in [0.5, 0.6) is 0 Å². The van der Waals surface area contributed by atoms with Crippen molar-refractivity contribution in [3.05, 3.63) is 53.1 Å². The van der Waals surface area contributed by atoms with E-state index in [1.54, 1.807) is 23.1 Å². The van der Waals surface area contributed by atoms with Crippen molar-refractivity contribution in [2.75, 3.05) is 35.7 Å². The van der Waals surface area contributed by atoms with E-state index in [-0.39, 0.29) is 5.91 Å². The van der Waals surface area contributed by atoms with Crippen LogP contribution >= 0.6 is 11.6 Å². The van der Waals surface area contributed by atoms with E-state index < -0.39 is 0 Å². The number of amides is 1. The molecule has 1 amide bonds. The van der Waals surface area contributed by atoms with Gasteiger partial charge in [0, 0.05) is 20.1 Å². The first-order valence-electron chi connectivity index (χ1n) is 6.75. The molecule has 1 aliphatic rings. The molecule has 0 aliphatic carbocycles. The summed E-state index contributed by atoms with van der Waals surface area (Å²) < 4.78 is 0. The SMILES string of the molecule is CN1CCN(C(=O)c2cccc(Cl)c2N)c2ccccc21. The summed E-state index contributed by atoms with van der Waals surface area (Å²) in [6, 6.07) is 13.0. The van der Waals surface area contributed by atoms with Crippen LogP contribution in [0.2, 0.25) is 5.02 Å². The highest BCUT2D eigenvalue weighted by molar-refractivity contribution is 6.34. The molecule has 21 heavy (non-hydrogen) atoms. The fraction of sp³-hybridized carbons (Fsp3) is 0.188. The van der Waals surface area contributed by atoms with Crippen molar-refractivity contribution in [3.63, 3.8) is 0 Å². The first-order chi connectivity index (χ1) is 10.1. The first-order valence-corrected chi connectivity index (χ1v) is 7.13. The van der Waals surface area contributed by atoms with Crippen LogP contribution in [-0.4, -0.2) is 26.0 Å². The highest BCUT2D eigenvalue weighted by Crippen LogP contribution is 2.34. The molecule has 2 aromatic carbocycles. The highest BCUT2D eigenvalue weighted by Gasteiger charge is 2.27. The summed E-state index contributed by atoms with van der Waals surface area (Å²) in [4.78, 5) is 16.7. The Morgan fingerprint density at radius 1 is 1.10 bits per heavy atom. The first kappa shape index (κ1) is 13.8. The number of halogens is 1. The smallest absolute Gasteiger partial charge is 0.260 e. The molecule has 0 aromatic heterocycles. The monoisotopic (exact) mass is 301 g/mol. The Labute approximate surface area is 128 Å². The molecule has 0 unspecified atom stereocenters. The zero-order valence-corrected chi connectivity index (χ0v) is 12.5. The van der Waals surface area contributed by atoms with Crippen molar-refractivity contribution in [2.24, 2.45) is 0 Å². The molecular weight excluding hydrogens is 286 g/mol. The molecule has 108 valence electrons. The van der Waals surface area contributed by atoms with Gasteiger partial charge in [0.05, 0.1) is 27.6 Å². The molecule has 2 aromatic rings. The average Bonchev–Trinajstić information content (AvgIpc) is 2.50. The normalized spacial score (nSPS) is 14.0. The van der Waals surface area contributed by atoms with E-state index in [4.69, 9.17) is 17.3 Å². The maximum absolute atomic E-state index is 12.8. The van der Waals surface area contributed by atoms with E-state index in [0.29, 0.717) is 22.8 Å². The summed E-state index contributed by atoms with van der Waals surface area (Å²) in [7, 11) is 2.02. The Bertz CT molecular complexity index is 702. The number of hydrogen-bond donors (Lipinski definition) is 1. The molecular formula is C16H16ClN3O. The van der Waals surface area contributed by atoms with Crippen molar-refractivity contribution in [1.82, 2.24) is 0 Å². The minimum Gasteiger partial charge on any atom is -0.397 e. The van der Waals surface area contributed by atoms with Crippen LogP contribution in [-0.2, 0) is 0 Å². The fourth-order valence-corrected chi connectivity index (χ4v) is 2.76. The maximum Gasteiger partial charge on any atom is 0.260 e. The molecule has 1 aliphatic heterocycles. The van der Waals surface area contributed by atoms with Gasteiger partial charge in [0.1, 0.15) is 0 Å². The Balaban J connectivity index is 2.03. The van der Waals surface area contributed by atoms with E-state index in [2.05, 4.69) is 4.90 Å². The van der Waals surface area contributed by atoms with Crippen LogP contribution in [0.15, 0.2) is 42.5 Å². The van der Waals surface area contributed by atoms with E-state index in [0.717, 1.165) is 17.9 Å². The van der Waals surface area contributed by atoms with E-state index in [1.165, 1.54) is 0 Å². The van der Waals surface area contributed by atoms with Crippen molar-refractivity contribution in [3.8, 4) is 0 Å². The molecule has 3 rings (SSSR count). The third kappa shape index (κ3) is 2.32. The third-order valence-electron chi connectivity index (χ3n) is 3.77. The van der Waals surface area contributed by atoms with E-state index >= 15 is 0 Å². The second-order valence-electron chi connectivity index (χ2n) is 5.07. The summed E-state index contributed by atoms with van der Waals surface area (Å²) in [5.41, 5.74) is 8.67. The molecule has 0 saturated carbocycles. The number of para-hydroxylation sites is 3. The minimum atomic E-state index is -0.115. The predicted octanol–water partition coefficient (Wildman–Crippen LogP) is 3.02. The van der Waals surface area contributed by atoms with E-state index in [9.17, 15) is 4.79 Å². The van der Waals surface area contributed by atoms with Gasteiger partial charge in [0.2, 0.25) is 0 Å². The van der Waals surface area contributed by atoms with Crippen LogP contribution in [0.4, 0.5) is 17.1 Å². The van der Waals surface area contributed by atoms with Gasteiger partial charge >= 0.3 is 0 Å². The van der Waals surface area contributed by atoms with Crippen LogP contribution < -0.4 is 15.5 Å². The molecule has 0 radical (unpaired) electrons. The number of carbonyl (C=O) groups is 1. The lowest BCUT2D eigenvalue weighted by atomic mass is 10.1. The fourth-order valence-electron chi connectivity index (χ4n) is 2.59. The standard InChI is InChI=1S/C16H16ClN3O/c1-19-9-10-20(14-8-3-2-7-13(14)19)16(21)11-5-4-6-12(17)15(11)18/h2-8H,9-10,18H2,1H3. The number of nitrogens with zero attached hydrogens (tertiary/aromatic N) is 2. The maximum atomic E-state index is 12.8. The molecule has 4 nitrogen and oxygen atoms in total. The van der Waals surface area contributed by atoms with Gasteiger partial charge in [-0.15, -0.1) is 0 Å². The van der Waals surface area contributed by atoms with Crippen LogP contribution in [0, 0.1) is 0 Å². The number of rotatable bonds is 1. The summed E-state index contributed by atoms with van der Waals surface area (Å²) in [6.45, 7) is 1.40. The van der Waals surface area contributed by atoms with Crippen molar-refractivity contribution < 1.29 is 4.79 Å².